The van der Waals surface area contributed by atoms with Gasteiger partial charge in [0, 0.05) is 44.0 Å². The van der Waals surface area contributed by atoms with E-state index in [9.17, 15) is 18.0 Å². The summed E-state index contributed by atoms with van der Waals surface area (Å²) in [6, 6.07) is 22.4. The Morgan fingerprint density at radius 1 is 1.03 bits per heavy atom. The van der Waals surface area contributed by atoms with Gasteiger partial charge < -0.3 is 15.0 Å². The molecule has 2 amide bonds. The number of carbonyl (C=O) groups excluding carboxylic acids is 2. The van der Waals surface area contributed by atoms with E-state index >= 15 is 0 Å². The minimum absolute atomic E-state index is 0.0802. The number of hydrogen-bond donors (Lipinski definition) is 1. The van der Waals surface area contributed by atoms with Gasteiger partial charge >= 0.3 is 0 Å². The Hall–Kier alpha value is -3.69. The normalized spacial score (nSPS) is 13.8. The second kappa shape index (κ2) is 10.7. The molecule has 0 atom stereocenters. The van der Waals surface area contributed by atoms with E-state index in [4.69, 9.17) is 4.74 Å². The van der Waals surface area contributed by atoms with Crippen LogP contribution in [0.3, 0.4) is 0 Å². The molecule has 182 valence electrons. The largest absolute Gasteiger partial charge is 0.484 e. The predicted octanol–water partition coefficient (Wildman–Crippen LogP) is 3.65. The molecule has 0 radical (unpaired) electrons. The van der Waals surface area contributed by atoms with Crippen LogP contribution < -0.4 is 15.0 Å². The van der Waals surface area contributed by atoms with Crippen LogP contribution in [-0.4, -0.2) is 44.7 Å². The number of carbonyl (C=O) groups is 2. The Kier molecular flexibility index (Phi) is 7.48. The number of nitrogens with one attached hydrogen (secondary N) is 1. The molecule has 0 saturated carbocycles. The minimum Gasteiger partial charge on any atom is -0.484 e. The van der Waals surface area contributed by atoms with Gasteiger partial charge in [-0.05, 0) is 48.4 Å². The summed E-state index contributed by atoms with van der Waals surface area (Å²) in [5.74, 6) is 0.182. The van der Waals surface area contributed by atoms with Crippen LogP contribution in [0.1, 0.15) is 18.4 Å². The number of amides is 2. The highest BCUT2D eigenvalue weighted by molar-refractivity contribution is 7.89. The maximum atomic E-state index is 12.9. The minimum atomic E-state index is -3.68. The first-order valence-corrected chi connectivity index (χ1v) is 12.7. The lowest BCUT2D eigenvalue weighted by molar-refractivity contribution is -0.118. The van der Waals surface area contributed by atoms with Crippen molar-refractivity contribution < 1.29 is 22.7 Å². The summed E-state index contributed by atoms with van der Waals surface area (Å²) in [6.45, 7) is 0.708. The van der Waals surface area contributed by atoms with Crippen LogP contribution >= 0.6 is 0 Å². The molecule has 4 rings (SSSR count). The average molecular weight is 494 g/mol. The van der Waals surface area contributed by atoms with Gasteiger partial charge in [0.1, 0.15) is 5.75 Å². The molecular formula is C26H27N3O5S. The maximum absolute atomic E-state index is 12.9. The number of anilines is 2. The van der Waals surface area contributed by atoms with E-state index in [1.807, 2.05) is 36.4 Å². The molecular weight excluding hydrogens is 466 g/mol. The van der Waals surface area contributed by atoms with Gasteiger partial charge in [0.15, 0.2) is 6.61 Å². The lowest BCUT2D eigenvalue weighted by Gasteiger charge is -2.18. The van der Waals surface area contributed by atoms with Crippen molar-refractivity contribution in [2.75, 3.05) is 30.4 Å². The van der Waals surface area contributed by atoms with Crippen molar-refractivity contribution in [3.8, 4) is 5.75 Å². The summed E-state index contributed by atoms with van der Waals surface area (Å²) in [6.07, 6.45) is 1.37. The molecule has 0 aliphatic carbocycles. The smallest absolute Gasteiger partial charge is 0.262 e. The number of hydrogen-bond acceptors (Lipinski definition) is 5. The zero-order chi connectivity index (χ0) is 24.8. The molecule has 0 aromatic heterocycles. The Bertz CT molecular complexity index is 1290. The van der Waals surface area contributed by atoms with E-state index in [0.29, 0.717) is 24.4 Å². The Labute approximate surface area is 205 Å². The lowest BCUT2D eigenvalue weighted by Crippen LogP contribution is -2.26. The van der Waals surface area contributed by atoms with Crippen LogP contribution in [0, 0.1) is 0 Å². The maximum Gasteiger partial charge on any atom is 0.262 e. The molecule has 0 bridgehead atoms. The molecule has 1 saturated heterocycles. The third-order valence-corrected chi connectivity index (χ3v) is 7.48. The van der Waals surface area contributed by atoms with Crippen LogP contribution in [0.2, 0.25) is 0 Å². The first-order chi connectivity index (χ1) is 16.8. The first kappa shape index (κ1) is 24.4. The fraction of sp³-hybridized carbons (Fsp3) is 0.231. The topological polar surface area (TPSA) is 96.0 Å². The summed E-state index contributed by atoms with van der Waals surface area (Å²) in [7, 11) is -2.14. The lowest BCUT2D eigenvalue weighted by atomic mass is 10.2. The number of rotatable bonds is 9. The van der Waals surface area contributed by atoms with Gasteiger partial charge in [-0.3, -0.25) is 9.59 Å². The second-order valence-corrected chi connectivity index (χ2v) is 10.3. The van der Waals surface area contributed by atoms with Gasteiger partial charge in [-0.25, -0.2) is 8.42 Å². The number of nitrogens with zero attached hydrogens (tertiary/aromatic N) is 2. The van der Waals surface area contributed by atoms with Crippen molar-refractivity contribution in [3.05, 3.63) is 84.4 Å². The zero-order valence-electron chi connectivity index (χ0n) is 19.4. The van der Waals surface area contributed by atoms with Crippen molar-refractivity contribution >= 4 is 33.2 Å². The molecule has 9 heteroatoms. The Balaban J connectivity index is 1.32. The van der Waals surface area contributed by atoms with E-state index in [1.54, 1.807) is 35.2 Å². The van der Waals surface area contributed by atoms with Crippen molar-refractivity contribution in [2.24, 2.45) is 0 Å². The van der Waals surface area contributed by atoms with E-state index in [1.165, 1.54) is 23.5 Å². The van der Waals surface area contributed by atoms with Crippen LogP contribution in [-0.2, 0) is 26.2 Å². The number of sulfonamides is 1. The van der Waals surface area contributed by atoms with E-state index in [-0.39, 0.29) is 29.9 Å². The van der Waals surface area contributed by atoms with Crippen molar-refractivity contribution in [1.29, 1.82) is 0 Å². The number of ether oxygens (including phenoxy) is 1. The van der Waals surface area contributed by atoms with Gasteiger partial charge in [0.25, 0.3) is 5.91 Å². The summed E-state index contributed by atoms with van der Waals surface area (Å²) in [5, 5.41) is 2.70. The Morgan fingerprint density at radius 2 is 1.77 bits per heavy atom. The van der Waals surface area contributed by atoms with Gasteiger partial charge in [0.2, 0.25) is 15.9 Å². The molecule has 1 aliphatic heterocycles. The fourth-order valence-corrected chi connectivity index (χ4v) is 4.98. The highest BCUT2D eigenvalue weighted by atomic mass is 32.2. The van der Waals surface area contributed by atoms with Crippen LogP contribution in [0.15, 0.2) is 83.8 Å². The van der Waals surface area contributed by atoms with E-state index in [0.717, 1.165) is 17.7 Å². The molecule has 1 aliphatic rings. The summed E-state index contributed by atoms with van der Waals surface area (Å²) >= 11 is 0. The van der Waals surface area contributed by atoms with E-state index in [2.05, 4.69) is 5.32 Å². The van der Waals surface area contributed by atoms with Gasteiger partial charge in [-0.2, -0.15) is 4.31 Å². The fourth-order valence-electron chi connectivity index (χ4n) is 3.82. The Morgan fingerprint density at radius 3 is 2.46 bits per heavy atom. The first-order valence-electron chi connectivity index (χ1n) is 11.3. The van der Waals surface area contributed by atoms with Gasteiger partial charge in [0.05, 0.1) is 4.90 Å². The molecule has 3 aromatic carbocycles. The third-order valence-electron chi connectivity index (χ3n) is 5.67. The highest BCUT2D eigenvalue weighted by Gasteiger charge is 2.22. The number of benzene rings is 3. The quantitative estimate of drug-likeness (QED) is 0.491. The van der Waals surface area contributed by atoms with Crippen LogP contribution in [0.25, 0.3) is 0 Å². The van der Waals surface area contributed by atoms with Gasteiger partial charge in [-0.1, -0.05) is 36.4 Å². The van der Waals surface area contributed by atoms with Crippen molar-refractivity contribution in [2.45, 2.75) is 24.3 Å². The average Bonchev–Trinajstić information content (AvgIpc) is 3.30. The SMILES string of the molecule is CN(Cc1ccccc1)S(=O)(=O)c1ccc(NC(=O)COc2cccc(N3CCCC3=O)c2)cc1. The van der Waals surface area contributed by atoms with Crippen LogP contribution in [0.5, 0.6) is 5.75 Å². The molecule has 0 spiro atoms. The molecule has 35 heavy (non-hydrogen) atoms. The summed E-state index contributed by atoms with van der Waals surface area (Å²) in [4.78, 5) is 26.1. The standard InChI is InChI=1S/C26H27N3O5S/c1-28(18-20-7-3-2-4-8-20)35(32,33)24-14-12-21(13-15-24)27-25(30)19-34-23-10-5-9-22(17-23)29-16-6-11-26(29)31/h2-5,7-10,12-15,17H,6,11,16,18-19H2,1H3,(H,27,30). The summed E-state index contributed by atoms with van der Waals surface area (Å²) in [5.41, 5.74) is 2.10. The predicted molar refractivity (Wildman–Crippen MR) is 134 cm³/mol. The second-order valence-electron chi connectivity index (χ2n) is 8.25. The van der Waals surface area contributed by atoms with Crippen molar-refractivity contribution in [1.82, 2.24) is 4.31 Å². The summed E-state index contributed by atoms with van der Waals surface area (Å²) < 4.78 is 32.6. The van der Waals surface area contributed by atoms with Crippen molar-refractivity contribution in [3.63, 3.8) is 0 Å². The molecule has 1 N–H and O–H groups in total. The molecule has 0 unspecified atom stereocenters. The highest BCUT2D eigenvalue weighted by Crippen LogP contribution is 2.25. The molecule has 1 heterocycles. The van der Waals surface area contributed by atoms with Crippen LogP contribution in [0.4, 0.5) is 11.4 Å². The molecule has 8 nitrogen and oxygen atoms in total. The monoisotopic (exact) mass is 493 g/mol. The molecule has 1 fully saturated rings. The van der Waals surface area contributed by atoms with Gasteiger partial charge in [-0.15, -0.1) is 0 Å². The van der Waals surface area contributed by atoms with E-state index < -0.39 is 10.0 Å². The zero-order valence-corrected chi connectivity index (χ0v) is 20.2. The molecule has 3 aromatic rings. The third kappa shape index (κ3) is 6.06.